The van der Waals surface area contributed by atoms with E-state index in [-0.39, 0.29) is 5.56 Å². The summed E-state index contributed by atoms with van der Waals surface area (Å²) in [5.74, 6) is 1.29. The Hall–Kier alpha value is -3.53. The molecule has 0 unspecified atom stereocenters. The molecule has 0 amide bonds. The van der Waals surface area contributed by atoms with Crippen molar-refractivity contribution in [2.75, 3.05) is 18.0 Å². The quantitative estimate of drug-likeness (QED) is 0.699. The molecular formula is C21H20N6O. The van der Waals surface area contributed by atoms with Crippen LogP contribution in [-0.4, -0.2) is 32.8 Å². The molecule has 0 aliphatic carbocycles. The number of anilines is 1. The summed E-state index contributed by atoms with van der Waals surface area (Å²) in [6, 6.07) is 12.9. The van der Waals surface area contributed by atoms with Crippen molar-refractivity contribution < 1.29 is 0 Å². The van der Waals surface area contributed by atoms with Gasteiger partial charge >= 0.3 is 0 Å². The lowest BCUT2D eigenvalue weighted by atomic mass is 9.97. The molecule has 7 nitrogen and oxygen atoms in total. The van der Waals surface area contributed by atoms with Crippen LogP contribution in [0, 0.1) is 17.2 Å². The largest absolute Gasteiger partial charge is 0.357 e. The number of nitrogens with zero attached hydrogens (tertiary/aromatic N) is 6. The third kappa shape index (κ3) is 3.91. The molecule has 3 aromatic heterocycles. The summed E-state index contributed by atoms with van der Waals surface area (Å²) in [5, 5.41) is 13.4. The highest BCUT2D eigenvalue weighted by molar-refractivity contribution is 5.57. The predicted molar refractivity (Wildman–Crippen MR) is 106 cm³/mol. The van der Waals surface area contributed by atoms with Crippen molar-refractivity contribution in [1.82, 2.24) is 19.7 Å². The van der Waals surface area contributed by atoms with Gasteiger partial charge in [-0.15, -0.1) is 0 Å². The Kier molecular flexibility index (Phi) is 5.11. The Morgan fingerprint density at radius 3 is 2.54 bits per heavy atom. The van der Waals surface area contributed by atoms with Crippen LogP contribution in [0.4, 0.5) is 5.82 Å². The van der Waals surface area contributed by atoms with Crippen LogP contribution in [0.1, 0.15) is 18.4 Å². The molecule has 140 valence electrons. The number of piperidine rings is 1. The second-order valence-corrected chi connectivity index (χ2v) is 6.92. The average molecular weight is 372 g/mol. The highest BCUT2D eigenvalue weighted by atomic mass is 16.1. The average Bonchev–Trinajstić information content (AvgIpc) is 2.76. The van der Waals surface area contributed by atoms with Crippen molar-refractivity contribution in [3.8, 4) is 17.3 Å². The molecule has 0 atom stereocenters. The third-order valence-corrected chi connectivity index (χ3v) is 5.09. The van der Waals surface area contributed by atoms with Gasteiger partial charge in [-0.25, -0.2) is 9.67 Å². The Morgan fingerprint density at radius 2 is 1.86 bits per heavy atom. The lowest BCUT2D eigenvalue weighted by molar-refractivity contribution is 0.335. The Bertz CT molecular complexity index is 1030. The summed E-state index contributed by atoms with van der Waals surface area (Å²) in [4.78, 5) is 22.9. The van der Waals surface area contributed by atoms with Gasteiger partial charge in [0, 0.05) is 49.9 Å². The molecule has 0 spiro atoms. The number of hydrogen-bond acceptors (Lipinski definition) is 6. The highest BCUT2D eigenvalue weighted by Gasteiger charge is 2.21. The lowest BCUT2D eigenvalue weighted by Gasteiger charge is -2.32. The van der Waals surface area contributed by atoms with Crippen LogP contribution in [0.25, 0.3) is 11.3 Å². The normalized spacial score (nSPS) is 14.6. The number of nitriles is 1. The first-order valence-corrected chi connectivity index (χ1v) is 9.32. The molecule has 0 aromatic carbocycles. The van der Waals surface area contributed by atoms with Crippen molar-refractivity contribution in [2.24, 2.45) is 5.92 Å². The van der Waals surface area contributed by atoms with E-state index in [9.17, 15) is 4.79 Å². The second-order valence-electron chi connectivity index (χ2n) is 6.92. The van der Waals surface area contributed by atoms with Crippen molar-refractivity contribution in [3.63, 3.8) is 0 Å². The van der Waals surface area contributed by atoms with Crippen LogP contribution in [0.3, 0.4) is 0 Å². The van der Waals surface area contributed by atoms with Crippen molar-refractivity contribution in [3.05, 3.63) is 70.9 Å². The molecule has 1 fully saturated rings. The maximum Gasteiger partial charge on any atom is 0.266 e. The molecule has 4 heterocycles. The minimum atomic E-state index is -0.0750. The monoisotopic (exact) mass is 372 g/mol. The molecule has 0 N–H and O–H groups in total. The zero-order valence-corrected chi connectivity index (χ0v) is 15.4. The fourth-order valence-corrected chi connectivity index (χ4v) is 3.48. The van der Waals surface area contributed by atoms with Gasteiger partial charge in [0.25, 0.3) is 5.56 Å². The van der Waals surface area contributed by atoms with Crippen molar-refractivity contribution >= 4 is 5.82 Å². The standard InChI is InChI=1S/C21H20N6O/c22-13-17-1-3-20(24-14-17)26-11-7-16(8-12-26)15-27-21(28)4-2-19(25-27)18-5-9-23-10-6-18/h1-6,9-10,14,16H,7-8,11-12,15H2. The van der Waals surface area contributed by atoms with Gasteiger partial charge < -0.3 is 4.90 Å². The molecular weight excluding hydrogens is 352 g/mol. The van der Waals surface area contributed by atoms with E-state index in [1.54, 1.807) is 41.5 Å². The van der Waals surface area contributed by atoms with Crippen LogP contribution in [-0.2, 0) is 6.54 Å². The predicted octanol–water partition coefficient (Wildman–Crippen LogP) is 2.49. The summed E-state index contributed by atoms with van der Waals surface area (Å²) in [5.41, 5.74) is 2.22. The fraction of sp³-hybridized carbons (Fsp3) is 0.286. The summed E-state index contributed by atoms with van der Waals surface area (Å²) in [6.07, 6.45) is 6.98. The van der Waals surface area contributed by atoms with E-state index in [1.165, 1.54) is 0 Å². The maximum atomic E-state index is 12.3. The van der Waals surface area contributed by atoms with Gasteiger partial charge in [-0.3, -0.25) is 9.78 Å². The van der Waals surface area contributed by atoms with Crippen LogP contribution in [0.5, 0.6) is 0 Å². The number of rotatable bonds is 4. The van der Waals surface area contributed by atoms with E-state index < -0.39 is 0 Å². The molecule has 7 heteroatoms. The Balaban J connectivity index is 1.42. The summed E-state index contributed by atoms with van der Waals surface area (Å²) in [7, 11) is 0. The summed E-state index contributed by atoms with van der Waals surface area (Å²) < 4.78 is 1.58. The zero-order chi connectivity index (χ0) is 19.3. The molecule has 0 bridgehead atoms. The topological polar surface area (TPSA) is 87.7 Å². The fourth-order valence-electron chi connectivity index (χ4n) is 3.48. The van der Waals surface area contributed by atoms with Crippen molar-refractivity contribution in [2.45, 2.75) is 19.4 Å². The molecule has 4 rings (SSSR count). The minimum absolute atomic E-state index is 0.0750. The van der Waals surface area contributed by atoms with Crippen LogP contribution in [0.15, 0.2) is 59.8 Å². The van der Waals surface area contributed by atoms with Crippen LogP contribution < -0.4 is 10.5 Å². The maximum absolute atomic E-state index is 12.3. The van der Waals surface area contributed by atoms with E-state index in [0.29, 0.717) is 18.0 Å². The molecule has 1 aliphatic rings. The number of pyridine rings is 2. The number of hydrogen-bond donors (Lipinski definition) is 0. The van der Waals surface area contributed by atoms with Gasteiger partial charge in [-0.05, 0) is 49.1 Å². The number of aromatic nitrogens is 4. The van der Waals surface area contributed by atoms with E-state index in [2.05, 4.69) is 26.0 Å². The minimum Gasteiger partial charge on any atom is -0.357 e. The van der Waals surface area contributed by atoms with E-state index >= 15 is 0 Å². The highest BCUT2D eigenvalue weighted by Crippen LogP contribution is 2.23. The Morgan fingerprint density at radius 1 is 1.07 bits per heavy atom. The zero-order valence-electron chi connectivity index (χ0n) is 15.4. The lowest BCUT2D eigenvalue weighted by Crippen LogP contribution is -2.37. The van der Waals surface area contributed by atoms with Crippen LogP contribution in [0.2, 0.25) is 0 Å². The van der Waals surface area contributed by atoms with Gasteiger partial charge in [0.1, 0.15) is 11.9 Å². The van der Waals surface area contributed by atoms with Gasteiger partial charge in [0.15, 0.2) is 0 Å². The molecule has 0 radical (unpaired) electrons. The first kappa shape index (κ1) is 17.9. The van der Waals surface area contributed by atoms with Gasteiger partial charge in [-0.2, -0.15) is 10.4 Å². The van der Waals surface area contributed by atoms with Gasteiger partial charge in [-0.1, -0.05) is 0 Å². The van der Waals surface area contributed by atoms with Crippen molar-refractivity contribution in [1.29, 1.82) is 5.26 Å². The van der Waals surface area contributed by atoms with E-state index in [0.717, 1.165) is 43.0 Å². The molecule has 3 aromatic rings. The molecule has 1 aliphatic heterocycles. The first-order chi connectivity index (χ1) is 13.7. The molecule has 1 saturated heterocycles. The molecule has 28 heavy (non-hydrogen) atoms. The SMILES string of the molecule is N#Cc1ccc(N2CCC(Cn3nc(-c4ccncc4)ccc3=O)CC2)nc1. The van der Waals surface area contributed by atoms with E-state index in [1.807, 2.05) is 18.2 Å². The second kappa shape index (κ2) is 8.01. The van der Waals surface area contributed by atoms with Gasteiger partial charge in [0.2, 0.25) is 0 Å². The Labute approximate surface area is 162 Å². The smallest absolute Gasteiger partial charge is 0.266 e. The summed E-state index contributed by atoms with van der Waals surface area (Å²) in [6.45, 7) is 2.37. The van der Waals surface area contributed by atoms with E-state index in [4.69, 9.17) is 5.26 Å². The molecule has 0 saturated carbocycles. The first-order valence-electron chi connectivity index (χ1n) is 9.32. The van der Waals surface area contributed by atoms with Crippen LogP contribution >= 0.6 is 0 Å². The van der Waals surface area contributed by atoms with Gasteiger partial charge in [0.05, 0.1) is 11.3 Å². The third-order valence-electron chi connectivity index (χ3n) is 5.09. The summed E-state index contributed by atoms with van der Waals surface area (Å²) >= 11 is 0.